The first-order valence-corrected chi connectivity index (χ1v) is 4.20. The molecule has 1 N–H and O–H groups in total. The Morgan fingerprint density at radius 1 is 1.67 bits per heavy atom. The van der Waals surface area contributed by atoms with Crippen LogP contribution in [0.2, 0.25) is 0 Å². The summed E-state index contributed by atoms with van der Waals surface area (Å²) >= 11 is 0. The smallest absolute Gasteiger partial charge is 0.303 e. The van der Waals surface area contributed by atoms with Crippen LogP contribution in [0.5, 0.6) is 0 Å². The van der Waals surface area contributed by atoms with E-state index in [9.17, 15) is 4.79 Å². The van der Waals surface area contributed by atoms with Gasteiger partial charge in [0.2, 0.25) is 0 Å². The largest absolute Gasteiger partial charge is 0.481 e. The van der Waals surface area contributed by atoms with Gasteiger partial charge in [0.15, 0.2) is 0 Å². The molecule has 68 valence electrons. The lowest BCUT2D eigenvalue weighted by molar-refractivity contribution is -0.137. The van der Waals surface area contributed by atoms with Gasteiger partial charge in [0.05, 0.1) is 6.42 Å². The molecule has 0 heterocycles. The zero-order chi connectivity index (χ0) is 9.40. The molecule has 0 saturated heterocycles. The van der Waals surface area contributed by atoms with E-state index >= 15 is 0 Å². The third kappa shape index (κ3) is 5.71. The highest BCUT2D eigenvalue weighted by atomic mass is 16.4. The van der Waals surface area contributed by atoms with Gasteiger partial charge in [0.25, 0.3) is 0 Å². The first kappa shape index (κ1) is 11.0. The van der Waals surface area contributed by atoms with Crippen molar-refractivity contribution in [2.75, 3.05) is 0 Å². The van der Waals surface area contributed by atoms with E-state index in [0.717, 1.165) is 12.8 Å². The second kappa shape index (κ2) is 6.65. The number of carboxylic acid groups (broad SMARTS) is 1. The normalized spacial score (nSPS) is 13.1. The fraction of sp³-hybridized carbons (Fsp3) is 0.500. The molecule has 0 bridgehead atoms. The van der Waals surface area contributed by atoms with Gasteiger partial charge in [-0.15, -0.1) is 6.58 Å². The van der Waals surface area contributed by atoms with Crippen LogP contribution in [0, 0.1) is 5.92 Å². The number of rotatable bonds is 6. The molecule has 0 aliphatic rings. The molecule has 0 fully saturated rings. The molecule has 12 heavy (non-hydrogen) atoms. The van der Waals surface area contributed by atoms with Gasteiger partial charge in [-0.3, -0.25) is 4.79 Å². The third-order valence-electron chi connectivity index (χ3n) is 1.55. The Hall–Kier alpha value is -1.05. The van der Waals surface area contributed by atoms with Crippen LogP contribution >= 0.6 is 0 Å². The minimum Gasteiger partial charge on any atom is -0.481 e. The Balaban J connectivity index is 3.93. The lowest BCUT2D eigenvalue weighted by atomic mass is 10.0. The predicted molar refractivity (Wildman–Crippen MR) is 50.0 cm³/mol. The van der Waals surface area contributed by atoms with Gasteiger partial charge in [-0.05, 0) is 18.8 Å². The maximum Gasteiger partial charge on any atom is 0.303 e. The SMILES string of the molecule is C=CCC(/C=C/CC)CC(=O)O. The van der Waals surface area contributed by atoms with Crippen molar-refractivity contribution in [2.45, 2.75) is 26.2 Å². The Morgan fingerprint density at radius 3 is 2.75 bits per heavy atom. The highest BCUT2D eigenvalue weighted by molar-refractivity contribution is 5.67. The molecule has 0 aromatic rings. The Bertz CT molecular complexity index is 171. The van der Waals surface area contributed by atoms with Crippen molar-refractivity contribution < 1.29 is 9.90 Å². The van der Waals surface area contributed by atoms with Gasteiger partial charge < -0.3 is 5.11 Å². The second-order valence-electron chi connectivity index (χ2n) is 2.72. The van der Waals surface area contributed by atoms with Crippen molar-refractivity contribution in [3.8, 4) is 0 Å². The van der Waals surface area contributed by atoms with Crippen molar-refractivity contribution in [1.29, 1.82) is 0 Å². The van der Waals surface area contributed by atoms with Gasteiger partial charge >= 0.3 is 5.97 Å². The molecule has 0 amide bonds. The average Bonchev–Trinajstić information content (AvgIpc) is 2.00. The van der Waals surface area contributed by atoms with Crippen LogP contribution in [0.15, 0.2) is 24.8 Å². The molecular weight excluding hydrogens is 152 g/mol. The Morgan fingerprint density at radius 2 is 2.33 bits per heavy atom. The first-order valence-electron chi connectivity index (χ1n) is 4.20. The molecule has 1 unspecified atom stereocenters. The van der Waals surface area contributed by atoms with Crippen LogP contribution in [-0.2, 0) is 4.79 Å². The molecule has 2 heteroatoms. The highest BCUT2D eigenvalue weighted by Crippen LogP contribution is 2.11. The fourth-order valence-corrected chi connectivity index (χ4v) is 0.997. The summed E-state index contributed by atoms with van der Waals surface area (Å²) in [6, 6.07) is 0. The van der Waals surface area contributed by atoms with Gasteiger partial charge in [-0.2, -0.15) is 0 Å². The number of carbonyl (C=O) groups is 1. The lowest BCUT2D eigenvalue weighted by Crippen LogP contribution is -2.04. The molecule has 0 aromatic heterocycles. The molecule has 0 aliphatic carbocycles. The predicted octanol–water partition coefficient (Wildman–Crippen LogP) is 2.62. The van der Waals surface area contributed by atoms with E-state index in [1.54, 1.807) is 6.08 Å². The topological polar surface area (TPSA) is 37.3 Å². The summed E-state index contributed by atoms with van der Waals surface area (Å²) in [6.45, 7) is 5.62. The van der Waals surface area contributed by atoms with E-state index in [0.29, 0.717) is 0 Å². The zero-order valence-electron chi connectivity index (χ0n) is 7.49. The third-order valence-corrected chi connectivity index (χ3v) is 1.55. The summed E-state index contributed by atoms with van der Waals surface area (Å²) in [6.07, 6.45) is 7.60. The van der Waals surface area contributed by atoms with Crippen LogP contribution < -0.4 is 0 Å². The summed E-state index contributed by atoms with van der Waals surface area (Å²) < 4.78 is 0. The van der Waals surface area contributed by atoms with E-state index in [1.807, 2.05) is 19.1 Å². The van der Waals surface area contributed by atoms with Gasteiger partial charge in [0.1, 0.15) is 0 Å². The van der Waals surface area contributed by atoms with E-state index in [2.05, 4.69) is 6.58 Å². The first-order chi connectivity index (χ1) is 5.70. The summed E-state index contributed by atoms with van der Waals surface area (Å²) in [4.78, 5) is 10.4. The molecule has 0 saturated carbocycles. The van der Waals surface area contributed by atoms with Crippen LogP contribution in [0.4, 0.5) is 0 Å². The average molecular weight is 168 g/mol. The summed E-state index contributed by atoms with van der Waals surface area (Å²) in [5.41, 5.74) is 0. The van der Waals surface area contributed by atoms with E-state index < -0.39 is 5.97 Å². The van der Waals surface area contributed by atoms with Gasteiger partial charge in [-0.1, -0.05) is 25.2 Å². The quantitative estimate of drug-likeness (QED) is 0.619. The van der Waals surface area contributed by atoms with Crippen molar-refractivity contribution in [1.82, 2.24) is 0 Å². The van der Waals surface area contributed by atoms with Crippen molar-refractivity contribution in [3.63, 3.8) is 0 Å². The summed E-state index contributed by atoms with van der Waals surface area (Å²) in [5, 5.41) is 8.54. The van der Waals surface area contributed by atoms with Gasteiger partial charge in [0, 0.05) is 0 Å². The maximum atomic E-state index is 10.4. The van der Waals surface area contributed by atoms with Crippen LogP contribution in [-0.4, -0.2) is 11.1 Å². The van der Waals surface area contributed by atoms with E-state index in [-0.39, 0.29) is 12.3 Å². The van der Waals surface area contributed by atoms with Crippen molar-refractivity contribution in [3.05, 3.63) is 24.8 Å². The minimum absolute atomic E-state index is 0.111. The standard InChI is InChI=1S/C10H16O2/c1-3-5-7-9(6-4-2)8-10(11)12/h4-5,7,9H,2-3,6,8H2,1H3,(H,11,12)/b7-5+. The number of carboxylic acids is 1. The molecule has 0 aliphatic heterocycles. The monoisotopic (exact) mass is 168 g/mol. The van der Waals surface area contributed by atoms with E-state index in [4.69, 9.17) is 5.11 Å². The number of hydrogen-bond donors (Lipinski definition) is 1. The second-order valence-corrected chi connectivity index (χ2v) is 2.72. The van der Waals surface area contributed by atoms with Crippen molar-refractivity contribution >= 4 is 5.97 Å². The molecule has 0 spiro atoms. The molecule has 0 aromatic carbocycles. The highest BCUT2D eigenvalue weighted by Gasteiger charge is 2.06. The number of aliphatic carboxylic acids is 1. The molecule has 0 rings (SSSR count). The van der Waals surface area contributed by atoms with E-state index in [1.165, 1.54) is 0 Å². The zero-order valence-corrected chi connectivity index (χ0v) is 7.49. The molecule has 0 radical (unpaired) electrons. The maximum absolute atomic E-state index is 10.4. The fourth-order valence-electron chi connectivity index (χ4n) is 0.997. The van der Waals surface area contributed by atoms with Crippen LogP contribution in [0.25, 0.3) is 0 Å². The Labute approximate surface area is 73.6 Å². The van der Waals surface area contributed by atoms with Crippen LogP contribution in [0.3, 0.4) is 0 Å². The number of allylic oxidation sites excluding steroid dienone is 3. The number of hydrogen-bond acceptors (Lipinski definition) is 1. The van der Waals surface area contributed by atoms with Crippen LogP contribution in [0.1, 0.15) is 26.2 Å². The summed E-state index contributed by atoms with van der Waals surface area (Å²) in [5.74, 6) is -0.637. The molecule has 1 atom stereocenters. The molecule has 2 nitrogen and oxygen atoms in total. The molecular formula is C10H16O2. The van der Waals surface area contributed by atoms with Gasteiger partial charge in [-0.25, -0.2) is 0 Å². The van der Waals surface area contributed by atoms with Crippen molar-refractivity contribution in [2.24, 2.45) is 5.92 Å². The summed E-state index contributed by atoms with van der Waals surface area (Å²) in [7, 11) is 0. The Kier molecular flexibility index (Phi) is 6.07. The minimum atomic E-state index is -0.748. The lowest BCUT2D eigenvalue weighted by Gasteiger charge is -2.05.